The fourth-order valence-electron chi connectivity index (χ4n) is 1.37. The van der Waals surface area contributed by atoms with E-state index in [2.05, 4.69) is 5.32 Å². The van der Waals surface area contributed by atoms with E-state index in [1.165, 1.54) is 0 Å². The van der Waals surface area contributed by atoms with E-state index < -0.39 is 0 Å². The van der Waals surface area contributed by atoms with Crippen molar-refractivity contribution < 1.29 is 9.90 Å². The molecule has 0 fully saturated rings. The summed E-state index contributed by atoms with van der Waals surface area (Å²) < 4.78 is 0. The highest BCUT2D eigenvalue weighted by Crippen LogP contribution is 2.15. The third-order valence-electron chi connectivity index (χ3n) is 2.69. The summed E-state index contributed by atoms with van der Waals surface area (Å²) in [6.07, 6.45) is 0. The van der Waals surface area contributed by atoms with Crippen molar-refractivity contribution in [3.8, 4) is 0 Å². The van der Waals surface area contributed by atoms with Gasteiger partial charge in [0.15, 0.2) is 0 Å². The van der Waals surface area contributed by atoms with E-state index >= 15 is 0 Å². The Balaban J connectivity index is 2.32. The molecule has 0 spiro atoms. The molecule has 0 aliphatic rings. The third kappa shape index (κ3) is 6.32. The number of carbonyl (C=O) groups is 1. The number of rotatable bonds is 7. The minimum absolute atomic E-state index is 0.0186. The zero-order valence-electron chi connectivity index (χ0n) is 11.2. The number of carbonyl (C=O) groups excluding carboxylic acids is 1. The fourth-order valence-corrected chi connectivity index (χ4v) is 2.46. The smallest absolute Gasteiger partial charge is 0.233 e. The molecule has 0 saturated carbocycles. The van der Waals surface area contributed by atoms with Gasteiger partial charge in [-0.15, -0.1) is 11.8 Å². The van der Waals surface area contributed by atoms with E-state index in [4.69, 9.17) is 16.7 Å². The topological polar surface area (TPSA) is 49.3 Å². The van der Waals surface area contributed by atoms with Gasteiger partial charge in [-0.2, -0.15) is 0 Å². The predicted molar refractivity (Wildman–Crippen MR) is 81.5 cm³/mol. The number of thioether (sulfide) groups is 1. The predicted octanol–water partition coefficient (Wildman–Crippen LogP) is 2.71. The maximum absolute atomic E-state index is 11.9. The van der Waals surface area contributed by atoms with Gasteiger partial charge in [-0.1, -0.05) is 30.7 Å². The van der Waals surface area contributed by atoms with Gasteiger partial charge >= 0.3 is 0 Å². The number of benzene rings is 1. The first-order valence-corrected chi connectivity index (χ1v) is 7.70. The van der Waals surface area contributed by atoms with Crippen LogP contribution in [0.3, 0.4) is 0 Å². The first-order valence-electron chi connectivity index (χ1n) is 6.27. The summed E-state index contributed by atoms with van der Waals surface area (Å²) in [5.41, 5.74) is 1.03. The Hall–Kier alpha value is -0.710. The molecule has 3 nitrogen and oxygen atoms in total. The molecule has 0 radical (unpaired) electrons. The van der Waals surface area contributed by atoms with Crippen molar-refractivity contribution >= 4 is 29.3 Å². The lowest BCUT2D eigenvalue weighted by Gasteiger charge is -2.14. The minimum atomic E-state index is -0.110. The molecule has 0 aromatic heterocycles. The maximum atomic E-state index is 11.9. The molecule has 1 aromatic carbocycles. The average Bonchev–Trinajstić information content (AvgIpc) is 2.43. The third-order valence-corrected chi connectivity index (χ3v) is 4.42. The van der Waals surface area contributed by atoms with Crippen LogP contribution in [-0.2, 0) is 11.3 Å². The van der Waals surface area contributed by atoms with Crippen LogP contribution in [0.1, 0.15) is 19.4 Å². The first-order chi connectivity index (χ1) is 9.02. The Labute approximate surface area is 123 Å². The van der Waals surface area contributed by atoms with Crippen molar-refractivity contribution in [3.05, 3.63) is 34.9 Å². The number of aliphatic hydroxyl groups is 1. The summed E-state index contributed by atoms with van der Waals surface area (Å²) in [5, 5.41) is 12.4. The van der Waals surface area contributed by atoms with Crippen molar-refractivity contribution in [2.45, 2.75) is 25.6 Å². The normalized spacial score (nSPS) is 13.9. The molecule has 0 saturated heterocycles. The Bertz CT molecular complexity index is 397. The zero-order chi connectivity index (χ0) is 14.3. The lowest BCUT2D eigenvalue weighted by Crippen LogP contribution is -2.31. The number of amides is 1. The molecule has 2 N–H and O–H groups in total. The molecular formula is C14H20ClNO2S. The summed E-state index contributed by atoms with van der Waals surface area (Å²) in [6.45, 7) is 4.51. The largest absolute Gasteiger partial charge is 0.396 e. The SMILES string of the molecule is CC(CO)CSC(C)C(=O)NCc1ccc(Cl)cc1. The van der Waals surface area contributed by atoms with Crippen molar-refractivity contribution in [1.82, 2.24) is 5.32 Å². The average molecular weight is 302 g/mol. The van der Waals surface area contributed by atoms with E-state index in [9.17, 15) is 4.79 Å². The van der Waals surface area contributed by atoms with Crippen LogP contribution >= 0.6 is 23.4 Å². The molecule has 19 heavy (non-hydrogen) atoms. The Morgan fingerprint density at radius 1 is 1.37 bits per heavy atom. The molecule has 0 aliphatic heterocycles. The summed E-state index contributed by atoms with van der Waals surface area (Å²) >= 11 is 7.36. The van der Waals surface area contributed by atoms with Crippen LogP contribution in [0.5, 0.6) is 0 Å². The van der Waals surface area contributed by atoms with Crippen LogP contribution in [0, 0.1) is 5.92 Å². The molecule has 5 heteroatoms. The maximum Gasteiger partial charge on any atom is 0.233 e. The molecule has 1 amide bonds. The molecule has 2 atom stereocenters. The number of nitrogens with one attached hydrogen (secondary N) is 1. The van der Waals surface area contributed by atoms with Gasteiger partial charge in [0.1, 0.15) is 0 Å². The summed E-state index contributed by atoms with van der Waals surface area (Å²) in [6, 6.07) is 7.41. The van der Waals surface area contributed by atoms with Gasteiger partial charge in [0.05, 0.1) is 5.25 Å². The Kier molecular flexibility index (Phi) is 7.28. The Morgan fingerprint density at radius 2 is 2.00 bits per heavy atom. The lowest BCUT2D eigenvalue weighted by molar-refractivity contribution is -0.120. The van der Waals surface area contributed by atoms with Crippen LogP contribution in [-0.4, -0.2) is 28.6 Å². The van der Waals surface area contributed by atoms with Crippen molar-refractivity contribution in [2.75, 3.05) is 12.4 Å². The van der Waals surface area contributed by atoms with E-state index in [-0.39, 0.29) is 23.7 Å². The Morgan fingerprint density at radius 3 is 2.58 bits per heavy atom. The van der Waals surface area contributed by atoms with Gasteiger partial charge in [-0.25, -0.2) is 0 Å². The van der Waals surface area contributed by atoms with E-state index in [0.717, 1.165) is 11.3 Å². The highest BCUT2D eigenvalue weighted by atomic mass is 35.5. The quantitative estimate of drug-likeness (QED) is 0.814. The van der Waals surface area contributed by atoms with Crippen LogP contribution in [0.25, 0.3) is 0 Å². The number of hydrogen-bond donors (Lipinski definition) is 2. The molecule has 0 heterocycles. The van der Waals surface area contributed by atoms with Gasteiger partial charge in [-0.05, 0) is 36.3 Å². The molecule has 0 bridgehead atoms. The van der Waals surface area contributed by atoms with Gasteiger partial charge in [0.25, 0.3) is 0 Å². The molecular weight excluding hydrogens is 282 g/mol. The summed E-state index contributed by atoms with van der Waals surface area (Å²) in [7, 11) is 0. The van der Waals surface area contributed by atoms with E-state index in [0.29, 0.717) is 11.6 Å². The highest BCUT2D eigenvalue weighted by Gasteiger charge is 2.14. The minimum Gasteiger partial charge on any atom is -0.396 e. The van der Waals surface area contributed by atoms with E-state index in [1.54, 1.807) is 11.8 Å². The molecule has 0 aliphatic carbocycles. The lowest BCUT2D eigenvalue weighted by atomic mass is 10.2. The molecule has 1 rings (SSSR count). The van der Waals surface area contributed by atoms with Crippen molar-refractivity contribution in [3.63, 3.8) is 0 Å². The summed E-state index contributed by atoms with van der Waals surface area (Å²) in [5.74, 6) is 1.02. The fraction of sp³-hybridized carbons (Fsp3) is 0.500. The number of hydrogen-bond acceptors (Lipinski definition) is 3. The second-order valence-corrected chi connectivity index (χ2v) is 6.42. The van der Waals surface area contributed by atoms with Gasteiger partial charge in [0, 0.05) is 18.2 Å². The second kappa shape index (κ2) is 8.46. The van der Waals surface area contributed by atoms with Crippen LogP contribution in [0.2, 0.25) is 5.02 Å². The van der Waals surface area contributed by atoms with Crippen LogP contribution < -0.4 is 5.32 Å². The van der Waals surface area contributed by atoms with Gasteiger partial charge in [-0.3, -0.25) is 4.79 Å². The van der Waals surface area contributed by atoms with Crippen molar-refractivity contribution in [2.24, 2.45) is 5.92 Å². The monoisotopic (exact) mass is 301 g/mol. The number of aliphatic hydroxyl groups excluding tert-OH is 1. The molecule has 106 valence electrons. The standard InChI is InChI=1S/C14H20ClNO2S/c1-10(8-17)9-19-11(2)14(18)16-7-12-3-5-13(15)6-4-12/h3-6,10-11,17H,7-9H2,1-2H3,(H,16,18). The highest BCUT2D eigenvalue weighted by molar-refractivity contribution is 8.00. The zero-order valence-corrected chi connectivity index (χ0v) is 12.8. The van der Waals surface area contributed by atoms with Crippen molar-refractivity contribution in [1.29, 1.82) is 0 Å². The van der Waals surface area contributed by atoms with Gasteiger partial charge in [0.2, 0.25) is 5.91 Å². The van der Waals surface area contributed by atoms with Gasteiger partial charge < -0.3 is 10.4 Å². The second-order valence-electron chi connectivity index (χ2n) is 4.61. The molecule has 1 aromatic rings. The van der Waals surface area contributed by atoms with E-state index in [1.807, 2.05) is 38.1 Å². The van der Waals surface area contributed by atoms with Crippen LogP contribution in [0.15, 0.2) is 24.3 Å². The summed E-state index contributed by atoms with van der Waals surface area (Å²) in [4.78, 5) is 11.9. The first kappa shape index (κ1) is 16.3. The number of halogens is 1. The van der Waals surface area contributed by atoms with Crippen LogP contribution in [0.4, 0.5) is 0 Å². The molecule has 2 unspecified atom stereocenters.